The van der Waals surface area contributed by atoms with Crippen molar-refractivity contribution in [2.24, 2.45) is 0 Å². The number of rotatable bonds is 6. The Kier molecular flexibility index (Phi) is 6.38. The van der Waals surface area contributed by atoms with Crippen LogP contribution in [0, 0.1) is 0 Å². The molecule has 0 aliphatic carbocycles. The summed E-state index contributed by atoms with van der Waals surface area (Å²) in [5.41, 5.74) is 1.03. The number of amides is 3. The molecule has 1 aromatic carbocycles. The number of carboxylic acid groups (broad SMARTS) is 1. The Labute approximate surface area is 147 Å². The van der Waals surface area contributed by atoms with Crippen molar-refractivity contribution in [1.29, 1.82) is 0 Å². The van der Waals surface area contributed by atoms with Crippen molar-refractivity contribution >= 4 is 17.9 Å². The summed E-state index contributed by atoms with van der Waals surface area (Å²) in [6.45, 7) is 2.40. The van der Waals surface area contributed by atoms with Gasteiger partial charge in [0.1, 0.15) is 6.54 Å². The Morgan fingerprint density at radius 2 is 2.00 bits per heavy atom. The molecule has 1 aliphatic rings. The molecule has 0 radical (unpaired) electrons. The van der Waals surface area contributed by atoms with E-state index in [2.05, 4.69) is 5.32 Å². The van der Waals surface area contributed by atoms with E-state index >= 15 is 0 Å². The monoisotopic (exact) mass is 347 g/mol. The first kappa shape index (κ1) is 18.8. The zero-order valence-electron chi connectivity index (χ0n) is 14.6. The van der Waals surface area contributed by atoms with E-state index in [0.717, 1.165) is 5.56 Å². The zero-order valence-corrected chi connectivity index (χ0v) is 14.6. The van der Waals surface area contributed by atoms with Gasteiger partial charge in [-0.05, 0) is 25.3 Å². The van der Waals surface area contributed by atoms with Gasteiger partial charge in [0.25, 0.3) is 0 Å². The quantitative estimate of drug-likeness (QED) is 0.812. The topological polar surface area (TPSA) is 90.0 Å². The van der Waals surface area contributed by atoms with Gasteiger partial charge in [-0.2, -0.15) is 0 Å². The number of benzene rings is 1. The molecule has 1 heterocycles. The number of piperazine rings is 1. The molecule has 0 spiro atoms. The van der Waals surface area contributed by atoms with Crippen LogP contribution in [0.4, 0.5) is 4.79 Å². The second-order valence-electron chi connectivity index (χ2n) is 6.50. The van der Waals surface area contributed by atoms with Gasteiger partial charge in [-0.25, -0.2) is 4.79 Å². The summed E-state index contributed by atoms with van der Waals surface area (Å²) in [6, 6.07) is 8.96. The molecule has 0 bridgehead atoms. The van der Waals surface area contributed by atoms with Crippen molar-refractivity contribution in [3.8, 4) is 0 Å². The molecule has 0 saturated carbocycles. The van der Waals surface area contributed by atoms with E-state index in [4.69, 9.17) is 5.11 Å². The van der Waals surface area contributed by atoms with Gasteiger partial charge in [-0.15, -0.1) is 0 Å². The lowest BCUT2D eigenvalue weighted by Gasteiger charge is -2.37. The lowest BCUT2D eigenvalue weighted by atomic mass is 10.0. The van der Waals surface area contributed by atoms with E-state index in [-0.39, 0.29) is 37.0 Å². The third-order valence-corrected chi connectivity index (χ3v) is 4.51. The Hall–Kier alpha value is -2.57. The van der Waals surface area contributed by atoms with Crippen LogP contribution >= 0.6 is 0 Å². The van der Waals surface area contributed by atoms with Crippen LogP contribution in [-0.4, -0.2) is 65.0 Å². The lowest BCUT2D eigenvalue weighted by molar-refractivity contribution is -0.137. The number of urea groups is 1. The summed E-state index contributed by atoms with van der Waals surface area (Å²) in [4.78, 5) is 38.5. The summed E-state index contributed by atoms with van der Waals surface area (Å²) >= 11 is 0. The maximum Gasteiger partial charge on any atom is 0.318 e. The fraction of sp³-hybridized carbons (Fsp3) is 0.500. The van der Waals surface area contributed by atoms with E-state index in [0.29, 0.717) is 19.4 Å². The minimum Gasteiger partial charge on any atom is -0.481 e. The molecular formula is C18H25N3O4. The van der Waals surface area contributed by atoms with E-state index in [1.807, 2.05) is 37.3 Å². The van der Waals surface area contributed by atoms with Gasteiger partial charge in [-0.1, -0.05) is 30.3 Å². The predicted octanol–water partition coefficient (Wildman–Crippen LogP) is 1.33. The highest BCUT2D eigenvalue weighted by Crippen LogP contribution is 2.12. The van der Waals surface area contributed by atoms with Crippen molar-refractivity contribution in [2.45, 2.75) is 38.3 Å². The molecule has 2 rings (SSSR count). The smallest absolute Gasteiger partial charge is 0.318 e. The first-order chi connectivity index (χ1) is 11.9. The third-order valence-electron chi connectivity index (χ3n) is 4.51. The average molecular weight is 347 g/mol. The van der Waals surface area contributed by atoms with Gasteiger partial charge >= 0.3 is 12.0 Å². The molecule has 1 aliphatic heterocycles. The van der Waals surface area contributed by atoms with E-state index in [1.165, 1.54) is 4.90 Å². The molecule has 3 amide bonds. The first-order valence-electron chi connectivity index (χ1n) is 8.43. The molecule has 1 aromatic rings. The van der Waals surface area contributed by atoms with Crippen LogP contribution < -0.4 is 5.32 Å². The number of nitrogens with zero attached hydrogens (tertiary/aromatic N) is 2. The maximum atomic E-state index is 12.5. The minimum absolute atomic E-state index is 0.0180. The molecule has 2 N–H and O–H groups in total. The molecule has 2 unspecified atom stereocenters. The predicted molar refractivity (Wildman–Crippen MR) is 93.1 cm³/mol. The average Bonchev–Trinajstić information content (AvgIpc) is 2.58. The lowest BCUT2D eigenvalue weighted by Crippen LogP contribution is -2.58. The molecule has 0 aromatic heterocycles. The highest BCUT2D eigenvalue weighted by atomic mass is 16.4. The van der Waals surface area contributed by atoms with Gasteiger partial charge in [0, 0.05) is 32.1 Å². The van der Waals surface area contributed by atoms with Gasteiger partial charge < -0.3 is 20.2 Å². The maximum absolute atomic E-state index is 12.5. The number of likely N-dealkylation sites (N-methyl/N-ethyl adjacent to an activating group) is 1. The largest absolute Gasteiger partial charge is 0.481 e. The second-order valence-corrected chi connectivity index (χ2v) is 6.50. The Balaban J connectivity index is 2.00. The van der Waals surface area contributed by atoms with Crippen LogP contribution in [0.2, 0.25) is 0 Å². The first-order valence-corrected chi connectivity index (χ1v) is 8.43. The van der Waals surface area contributed by atoms with Crippen molar-refractivity contribution in [3.63, 3.8) is 0 Å². The molecule has 7 heteroatoms. The molecule has 25 heavy (non-hydrogen) atoms. The summed E-state index contributed by atoms with van der Waals surface area (Å²) in [7, 11) is 1.73. The van der Waals surface area contributed by atoms with Gasteiger partial charge in [0.05, 0.1) is 0 Å². The standard InChI is InChI=1S/C18H25N3O4/c1-13-11-21(12-16(22)20(13)2)18(25)19-15(8-9-17(23)24)10-14-6-4-3-5-7-14/h3-7,13,15H,8-12H2,1-2H3,(H,19,25)(H,23,24). The highest BCUT2D eigenvalue weighted by Gasteiger charge is 2.30. The van der Waals surface area contributed by atoms with Gasteiger partial charge in [-0.3, -0.25) is 9.59 Å². The number of carboxylic acids is 1. The SMILES string of the molecule is CC1CN(C(=O)NC(CCC(=O)O)Cc2ccccc2)CC(=O)N1C. The number of hydrogen-bond acceptors (Lipinski definition) is 3. The van der Waals surface area contributed by atoms with Crippen LogP contribution in [0.5, 0.6) is 0 Å². The summed E-state index contributed by atoms with van der Waals surface area (Å²) in [5.74, 6) is -0.991. The number of carbonyl (C=O) groups excluding carboxylic acids is 2. The fourth-order valence-electron chi connectivity index (χ4n) is 2.87. The highest BCUT2D eigenvalue weighted by molar-refractivity contribution is 5.85. The van der Waals surface area contributed by atoms with E-state index < -0.39 is 5.97 Å². The molecule has 2 atom stereocenters. The number of nitrogens with one attached hydrogen (secondary N) is 1. The van der Waals surface area contributed by atoms with Crippen LogP contribution in [-0.2, 0) is 16.0 Å². The van der Waals surface area contributed by atoms with Crippen LogP contribution in [0.25, 0.3) is 0 Å². The van der Waals surface area contributed by atoms with Crippen molar-refractivity contribution in [2.75, 3.05) is 20.1 Å². The van der Waals surface area contributed by atoms with Crippen molar-refractivity contribution in [3.05, 3.63) is 35.9 Å². The number of carbonyl (C=O) groups is 3. The molecular weight excluding hydrogens is 322 g/mol. The molecule has 136 valence electrons. The van der Waals surface area contributed by atoms with E-state index in [9.17, 15) is 14.4 Å². The minimum atomic E-state index is -0.893. The Bertz CT molecular complexity index is 620. The van der Waals surface area contributed by atoms with Gasteiger partial charge in [0.2, 0.25) is 5.91 Å². The van der Waals surface area contributed by atoms with E-state index in [1.54, 1.807) is 11.9 Å². The normalized spacial score (nSPS) is 18.8. The number of aliphatic carboxylic acids is 1. The molecule has 1 saturated heterocycles. The van der Waals surface area contributed by atoms with Gasteiger partial charge in [0.15, 0.2) is 0 Å². The van der Waals surface area contributed by atoms with Crippen molar-refractivity contribution in [1.82, 2.24) is 15.1 Å². The molecule has 7 nitrogen and oxygen atoms in total. The molecule has 1 fully saturated rings. The van der Waals surface area contributed by atoms with Crippen LogP contribution in [0.1, 0.15) is 25.3 Å². The third kappa shape index (κ3) is 5.48. The summed E-state index contributed by atoms with van der Waals surface area (Å²) in [5, 5.41) is 11.8. The summed E-state index contributed by atoms with van der Waals surface area (Å²) in [6.07, 6.45) is 0.875. The summed E-state index contributed by atoms with van der Waals surface area (Å²) < 4.78 is 0. The Morgan fingerprint density at radius 3 is 2.60 bits per heavy atom. The number of hydrogen-bond donors (Lipinski definition) is 2. The second kappa shape index (κ2) is 8.50. The van der Waals surface area contributed by atoms with Crippen LogP contribution in [0.3, 0.4) is 0 Å². The fourth-order valence-corrected chi connectivity index (χ4v) is 2.87. The Morgan fingerprint density at radius 1 is 1.32 bits per heavy atom. The van der Waals surface area contributed by atoms with Crippen LogP contribution in [0.15, 0.2) is 30.3 Å². The van der Waals surface area contributed by atoms with Crippen molar-refractivity contribution < 1.29 is 19.5 Å². The zero-order chi connectivity index (χ0) is 18.4.